The minimum absolute atomic E-state index is 0.222. The standard InChI is InChI=1S/C6H12NO2S/c1-6(2)5-7-3-4-10(6,8)9/h3-5H2,1-2H3. The molecule has 0 aliphatic carbocycles. The Labute approximate surface area is 61.7 Å². The molecule has 1 aliphatic heterocycles. The van der Waals surface area contributed by atoms with Crippen molar-refractivity contribution in [3.05, 3.63) is 0 Å². The van der Waals surface area contributed by atoms with Crippen LogP contribution in [0.2, 0.25) is 0 Å². The molecule has 3 nitrogen and oxygen atoms in total. The summed E-state index contributed by atoms with van der Waals surface area (Å²) in [7, 11) is -2.85. The molecule has 0 saturated carbocycles. The van der Waals surface area contributed by atoms with E-state index in [1.165, 1.54) is 0 Å². The number of sulfone groups is 1. The highest BCUT2D eigenvalue weighted by atomic mass is 32.2. The first kappa shape index (κ1) is 8.01. The maximum Gasteiger partial charge on any atom is 0.158 e. The van der Waals surface area contributed by atoms with E-state index in [0.717, 1.165) is 0 Å². The van der Waals surface area contributed by atoms with Crippen LogP contribution in [0, 0.1) is 0 Å². The summed E-state index contributed by atoms with van der Waals surface area (Å²) < 4.78 is 21.9. The Hall–Kier alpha value is -0.0900. The lowest BCUT2D eigenvalue weighted by molar-refractivity contribution is 0.494. The molecule has 1 rings (SSSR count). The lowest BCUT2D eigenvalue weighted by atomic mass is 10.2. The van der Waals surface area contributed by atoms with Gasteiger partial charge in [-0.1, -0.05) is 0 Å². The molecule has 4 heteroatoms. The monoisotopic (exact) mass is 162 g/mol. The topological polar surface area (TPSA) is 48.2 Å². The molecular weight excluding hydrogens is 150 g/mol. The summed E-state index contributed by atoms with van der Waals surface area (Å²) in [5.41, 5.74) is 0. The van der Waals surface area contributed by atoms with E-state index < -0.39 is 14.6 Å². The molecular formula is C6H12NO2S. The van der Waals surface area contributed by atoms with Crippen LogP contribution in [-0.4, -0.2) is 32.0 Å². The van der Waals surface area contributed by atoms with Crippen molar-refractivity contribution in [2.75, 3.05) is 18.8 Å². The van der Waals surface area contributed by atoms with Gasteiger partial charge in [0.15, 0.2) is 9.84 Å². The van der Waals surface area contributed by atoms with Crippen molar-refractivity contribution in [3.63, 3.8) is 0 Å². The van der Waals surface area contributed by atoms with Gasteiger partial charge in [0.25, 0.3) is 0 Å². The van der Waals surface area contributed by atoms with Gasteiger partial charge in [0.05, 0.1) is 10.5 Å². The minimum Gasteiger partial charge on any atom is -0.239 e. The summed E-state index contributed by atoms with van der Waals surface area (Å²) in [5.74, 6) is 0.222. The van der Waals surface area contributed by atoms with E-state index in [1.807, 2.05) is 0 Å². The summed E-state index contributed by atoms with van der Waals surface area (Å²) >= 11 is 0. The fourth-order valence-corrected chi connectivity index (χ4v) is 2.12. The van der Waals surface area contributed by atoms with Gasteiger partial charge in [-0.15, -0.1) is 0 Å². The predicted molar refractivity (Wildman–Crippen MR) is 39.7 cm³/mol. The normalized spacial score (nSPS) is 29.8. The second kappa shape index (κ2) is 2.20. The molecule has 0 amide bonds. The smallest absolute Gasteiger partial charge is 0.158 e. The van der Waals surface area contributed by atoms with E-state index in [9.17, 15) is 8.42 Å². The molecule has 0 bridgehead atoms. The van der Waals surface area contributed by atoms with E-state index in [2.05, 4.69) is 5.32 Å². The van der Waals surface area contributed by atoms with Gasteiger partial charge in [-0.2, -0.15) is 0 Å². The molecule has 10 heavy (non-hydrogen) atoms. The first-order valence-corrected chi connectivity index (χ1v) is 4.96. The van der Waals surface area contributed by atoms with Gasteiger partial charge in [-0.25, -0.2) is 13.7 Å². The Morgan fingerprint density at radius 3 is 2.30 bits per heavy atom. The third-order valence-electron chi connectivity index (χ3n) is 1.85. The van der Waals surface area contributed by atoms with E-state index in [-0.39, 0.29) is 5.75 Å². The number of hydrogen-bond donors (Lipinski definition) is 0. The van der Waals surface area contributed by atoms with Gasteiger partial charge < -0.3 is 0 Å². The van der Waals surface area contributed by atoms with Crippen LogP contribution in [0.15, 0.2) is 0 Å². The minimum atomic E-state index is -2.85. The SMILES string of the molecule is CC1(C)C[N]CCS1(=O)=O. The second-order valence-electron chi connectivity index (χ2n) is 3.18. The average Bonchev–Trinajstić information content (AvgIpc) is 1.77. The summed E-state index contributed by atoms with van der Waals surface area (Å²) in [6.07, 6.45) is 0. The molecule has 0 aromatic heterocycles. The molecule has 0 atom stereocenters. The molecule has 1 saturated heterocycles. The first-order chi connectivity index (χ1) is 4.46. The quantitative estimate of drug-likeness (QED) is 0.495. The maximum atomic E-state index is 11.2. The predicted octanol–water partition coefficient (Wildman–Crippen LogP) is -0.202. The molecule has 0 aromatic rings. The van der Waals surface area contributed by atoms with Gasteiger partial charge in [0.2, 0.25) is 0 Å². The number of hydrogen-bond acceptors (Lipinski definition) is 2. The van der Waals surface area contributed by atoms with Crippen molar-refractivity contribution in [3.8, 4) is 0 Å². The number of rotatable bonds is 0. The Balaban J connectivity index is 2.92. The molecule has 1 aliphatic rings. The maximum absolute atomic E-state index is 11.2. The van der Waals surface area contributed by atoms with Crippen LogP contribution >= 0.6 is 0 Å². The van der Waals surface area contributed by atoms with Crippen molar-refractivity contribution >= 4 is 9.84 Å². The van der Waals surface area contributed by atoms with Crippen LogP contribution < -0.4 is 5.32 Å². The average molecular weight is 162 g/mol. The largest absolute Gasteiger partial charge is 0.239 e. The van der Waals surface area contributed by atoms with Crippen molar-refractivity contribution in [2.24, 2.45) is 0 Å². The molecule has 1 fully saturated rings. The summed E-state index contributed by atoms with van der Waals surface area (Å²) in [4.78, 5) is 0. The molecule has 0 unspecified atom stereocenters. The van der Waals surface area contributed by atoms with Crippen molar-refractivity contribution < 1.29 is 8.42 Å². The summed E-state index contributed by atoms with van der Waals surface area (Å²) in [5, 5.41) is 4.05. The highest BCUT2D eigenvalue weighted by Crippen LogP contribution is 2.19. The Morgan fingerprint density at radius 2 is 2.00 bits per heavy atom. The second-order valence-corrected chi connectivity index (χ2v) is 5.93. The zero-order valence-corrected chi connectivity index (χ0v) is 7.11. The van der Waals surface area contributed by atoms with Crippen LogP contribution in [-0.2, 0) is 9.84 Å². The third-order valence-corrected chi connectivity index (χ3v) is 4.39. The van der Waals surface area contributed by atoms with Crippen molar-refractivity contribution in [1.29, 1.82) is 0 Å². The zero-order chi connectivity index (χ0) is 7.83. The van der Waals surface area contributed by atoms with Crippen LogP contribution in [0.4, 0.5) is 0 Å². The van der Waals surface area contributed by atoms with Gasteiger partial charge >= 0.3 is 0 Å². The third kappa shape index (κ3) is 1.18. The molecule has 0 spiro atoms. The Kier molecular flexibility index (Phi) is 1.76. The van der Waals surface area contributed by atoms with E-state index in [4.69, 9.17) is 0 Å². The van der Waals surface area contributed by atoms with Crippen molar-refractivity contribution in [1.82, 2.24) is 5.32 Å². The lowest BCUT2D eigenvalue weighted by Crippen LogP contribution is -2.47. The van der Waals surface area contributed by atoms with Gasteiger partial charge in [-0.3, -0.25) is 0 Å². The fraction of sp³-hybridized carbons (Fsp3) is 1.00. The molecule has 1 heterocycles. The Bertz CT molecular complexity index is 218. The van der Waals surface area contributed by atoms with Crippen LogP contribution in [0.25, 0.3) is 0 Å². The highest BCUT2D eigenvalue weighted by molar-refractivity contribution is 7.92. The lowest BCUT2D eigenvalue weighted by Gasteiger charge is -2.28. The van der Waals surface area contributed by atoms with Crippen molar-refractivity contribution in [2.45, 2.75) is 18.6 Å². The zero-order valence-electron chi connectivity index (χ0n) is 6.29. The van der Waals surface area contributed by atoms with Gasteiger partial charge in [0.1, 0.15) is 0 Å². The Morgan fingerprint density at radius 1 is 1.40 bits per heavy atom. The molecule has 59 valence electrons. The van der Waals surface area contributed by atoms with Crippen LogP contribution in [0.3, 0.4) is 0 Å². The molecule has 1 radical (unpaired) electrons. The van der Waals surface area contributed by atoms with E-state index in [0.29, 0.717) is 13.1 Å². The van der Waals surface area contributed by atoms with Gasteiger partial charge in [-0.05, 0) is 13.8 Å². The summed E-state index contributed by atoms with van der Waals surface area (Å²) in [6, 6.07) is 0. The van der Waals surface area contributed by atoms with E-state index in [1.54, 1.807) is 13.8 Å². The van der Waals surface area contributed by atoms with Gasteiger partial charge in [0, 0.05) is 13.1 Å². The molecule has 0 N–H and O–H groups in total. The van der Waals surface area contributed by atoms with Crippen LogP contribution in [0.1, 0.15) is 13.8 Å². The summed E-state index contributed by atoms with van der Waals surface area (Å²) in [6.45, 7) is 4.39. The first-order valence-electron chi connectivity index (χ1n) is 3.31. The van der Waals surface area contributed by atoms with Crippen LogP contribution in [0.5, 0.6) is 0 Å². The molecule has 0 aromatic carbocycles. The number of nitrogens with zero attached hydrogens (tertiary/aromatic N) is 1. The highest BCUT2D eigenvalue weighted by Gasteiger charge is 2.36. The van der Waals surface area contributed by atoms with E-state index >= 15 is 0 Å². The fourth-order valence-electron chi connectivity index (χ4n) is 0.908.